The molecule has 2 heteroatoms. The van der Waals surface area contributed by atoms with E-state index in [-0.39, 0.29) is 0 Å². The Morgan fingerprint density at radius 1 is 0.586 bits per heavy atom. The van der Waals surface area contributed by atoms with Crippen molar-refractivity contribution in [2.45, 2.75) is 0 Å². The second kappa shape index (κ2) is 8.73. The molecule has 0 bridgehead atoms. The first-order chi connectivity index (χ1) is 14.3. The molecule has 4 aromatic carbocycles. The first-order valence-corrected chi connectivity index (χ1v) is 9.53. The standard InChI is InChI=1S/C27H20N2/c28-21-24(23-10-4-1-5-11-23)20-22-16-18-27(19-17-22)29(25-12-6-2-7-13-25)26-14-8-3-9-15-26/h1-20H/b24-20-. The molecule has 0 amide bonds. The maximum Gasteiger partial charge on any atom is 0.0998 e. The van der Waals surface area contributed by atoms with Crippen LogP contribution in [-0.2, 0) is 0 Å². The van der Waals surface area contributed by atoms with Crippen LogP contribution >= 0.6 is 0 Å². The van der Waals surface area contributed by atoms with Crippen LogP contribution in [0.5, 0.6) is 0 Å². The van der Waals surface area contributed by atoms with Crippen molar-refractivity contribution >= 4 is 28.7 Å². The SMILES string of the molecule is N#C/C(=C/c1ccc(N(c2ccccc2)c2ccccc2)cc1)c1ccccc1. The third kappa shape index (κ3) is 4.26. The summed E-state index contributed by atoms with van der Waals surface area (Å²) in [4.78, 5) is 2.22. The molecule has 29 heavy (non-hydrogen) atoms. The van der Waals surface area contributed by atoms with Gasteiger partial charge in [0, 0.05) is 17.1 Å². The minimum Gasteiger partial charge on any atom is -0.311 e. The molecule has 4 aromatic rings. The van der Waals surface area contributed by atoms with Crippen LogP contribution in [0.3, 0.4) is 0 Å². The monoisotopic (exact) mass is 372 g/mol. The Bertz CT molecular complexity index is 1080. The molecule has 0 unspecified atom stereocenters. The number of nitriles is 1. The van der Waals surface area contributed by atoms with Gasteiger partial charge in [-0.2, -0.15) is 5.26 Å². The minimum absolute atomic E-state index is 0.654. The molecule has 2 nitrogen and oxygen atoms in total. The number of hydrogen-bond donors (Lipinski definition) is 0. The van der Waals surface area contributed by atoms with Gasteiger partial charge in [-0.1, -0.05) is 78.9 Å². The summed E-state index contributed by atoms with van der Waals surface area (Å²) in [6.07, 6.45) is 1.93. The molecule has 0 saturated heterocycles. The summed E-state index contributed by atoms with van der Waals surface area (Å²) < 4.78 is 0. The van der Waals surface area contributed by atoms with Crippen LogP contribution in [0.2, 0.25) is 0 Å². The zero-order chi connectivity index (χ0) is 19.9. The van der Waals surface area contributed by atoms with Crippen molar-refractivity contribution in [3.8, 4) is 6.07 Å². The molecular weight excluding hydrogens is 352 g/mol. The zero-order valence-electron chi connectivity index (χ0n) is 15.9. The number of allylic oxidation sites excluding steroid dienone is 1. The quantitative estimate of drug-likeness (QED) is 0.273. The number of hydrogen-bond acceptors (Lipinski definition) is 2. The molecule has 0 spiro atoms. The van der Waals surface area contributed by atoms with E-state index in [2.05, 4.69) is 59.5 Å². The Labute approximate surface area is 171 Å². The van der Waals surface area contributed by atoms with Crippen LogP contribution in [0.4, 0.5) is 17.1 Å². The number of rotatable bonds is 5. The normalized spacial score (nSPS) is 10.9. The topological polar surface area (TPSA) is 27.0 Å². The number of nitrogens with zero attached hydrogens (tertiary/aromatic N) is 2. The maximum atomic E-state index is 9.55. The molecule has 0 aliphatic rings. The minimum atomic E-state index is 0.654. The van der Waals surface area contributed by atoms with Gasteiger partial charge in [0.15, 0.2) is 0 Å². The van der Waals surface area contributed by atoms with Crippen LogP contribution in [0, 0.1) is 11.3 Å². The van der Waals surface area contributed by atoms with Crippen molar-refractivity contribution in [1.29, 1.82) is 5.26 Å². The van der Waals surface area contributed by atoms with E-state index in [1.54, 1.807) is 0 Å². The number of para-hydroxylation sites is 2. The summed E-state index contributed by atoms with van der Waals surface area (Å²) in [5.41, 5.74) is 5.84. The van der Waals surface area contributed by atoms with Gasteiger partial charge in [0.05, 0.1) is 11.6 Å². The highest BCUT2D eigenvalue weighted by molar-refractivity contribution is 5.90. The van der Waals surface area contributed by atoms with E-state index in [0.29, 0.717) is 5.57 Å². The van der Waals surface area contributed by atoms with Crippen molar-refractivity contribution in [2.75, 3.05) is 4.90 Å². The lowest BCUT2D eigenvalue weighted by Gasteiger charge is -2.25. The molecule has 0 N–H and O–H groups in total. The predicted molar refractivity (Wildman–Crippen MR) is 121 cm³/mol. The zero-order valence-corrected chi connectivity index (χ0v) is 15.9. The average molecular weight is 372 g/mol. The van der Waals surface area contributed by atoms with E-state index in [4.69, 9.17) is 0 Å². The Morgan fingerprint density at radius 2 is 1.03 bits per heavy atom. The second-order valence-electron chi connectivity index (χ2n) is 6.63. The van der Waals surface area contributed by atoms with Gasteiger partial charge in [-0.25, -0.2) is 0 Å². The van der Waals surface area contributed by atoms with Crippen molar-refractivity contribution in [3.63, 3.8) is 0 Å². The summed E-state index contributed by atoms with van der Waals surface area (Å²) in [7, 11) is 0. The van der Waals surface area contributed by atoms with E-state index in [0.717, 1.165) is 28.2 Å². The third-order valence-electron chi connectivity index (χ3n) is 4.70. The van der Waals surface area contributed by atoms with Crippen molar-refractivity contribution in [2.24, 2.45) is 0 Å². The first kappa shape index (κ1) is 18.3. The summed E-state index contributed by atoms with van der Waals surface area (Å²) in [6, 6.07) is 41.0. The molecule has 0 heterocycles. The molecule has 138 valence electrons. The van der Waals surface area contributed by atoms with Gasteiger partial charge < -0.3 is 4.90 Å². The highest BCUT2D eigenvalue weighted by Crippen LogP contribution is 2.34. The van der Waals surface area contributed by atoms with Crippen molar-refractivity contribution in [3.05, 3.63) is 126 Å². The summed E-state index contributed by atoms with van der Waals surface area (Å²) in [5.74, 6) is 0. The highest BCUT2D eigenvalue weighted by atomic mass is 15.1. The lowest BCUT2D eigenvalue weighted by atomic mass is 10.0. The van der Waals surface area contributed by atoms with Gasteiger partial charge >= 0.3 is 0 Å². The van der Waals surface area contributed by atoms with Gasteiger partial charge in [-0.15, -0.1) is 0 Å². The van der Waals surface area contributed by atoms with Crippen molar-refractivity contribution in [1.82, 2.24) is 0 Å². The smallest absolute Gasteiger partial charge is 0.0998 e. The van der Waals surface area contributed by atoms with E-state index in [1.165, 1.54) is 0 Å². The van der Waals surface area contributed by atoms with E-state index in [1.807, 2.05) is 72.8 Å². The molecule has 0 atom stereocenters. The largest absolute Gasteiger partial charge is 0.311 e. The highest BCUT2D eigenvalue weighted by Gasteiger charge is 2.11. The Hall–Kier alpha value is -4.09. The van der Waals surface area contributed by atoms with Gasteiger partial charge in [0.25, 0.3) is 0 Å². The van der Waals surface area contributed by atoms with Crippen LogP contribution in [0.1, 0.15) is 11.1 Å². The van der Waals surface area contributed by atoms with Gasteiger partial charge in [-0.3, -0.25) is 0 Å². The molecule has 0 saturated carbocycles. The molecule has 0 radical (unpaired) electrons. The first-order valence-electron chi connectivity index (χ1n) is 9.53. The van der Waals surface area contributed by atoms with Gasteiger partial charge in [-0.05, 0) is 53.6 Å². The fourth-order valence-electron chi connectivity index (χ4n) is 3.29. The van der Waals surface area contributed by atoms with Crippen LogP contribution in [0.15, 0.2) is 115 Å². The molecule has 0 aliphatic heterocycles. The fourth-order valence-corrected chi connectivity index (χ4v) is 3.29. The van der Waals surface area contributed by atoms with E-state index >= 15 is 0 Å². The summed E-state index contributed by atoms with van der Waals surface area (Å²) in [5, 5.41) is 9.55. The van der Waals surface area contributed by atoms with Gasteiger partial charge in [0.1, 0.15) is 0 Å². The molecule has 4 rings (SSSR count). The van der Waals surface area contributed by atoms with Crippen LogP contribution in [0.25, 0.3) is 11.6 Å². The fraction of sp³-hybridized carbons (Fsp3) is 0. The lowest BCUT2D eigenvalue weighted by molar-refractivity contribution is 1.28. The number of anilines is 3. The molecule has 0 aromatic heterocycles. The maximum absolute atomic E-state index is 9.55. The average Bonchev–Trinajstić information content (AvgIpc) is 2.81. The molecule has 0 aliphatic carbocycles. The van der Waals surface area contributed by atoms with Crippen molar-refractivity contribution < 1.29 is 0 Å². The predicted octanol–water partition coefficient (Wildman–Crippen LogP) is 7.22. The van der Waals surface area contributed by atoms with E-state index < -0.39 is 0 Å². The number of benzene rings is 4. The molecular formula is C27H20N2. The third-order valence-corrected chi connectivity index (χ3v) is 4.70. The summed E-state index contributed by atoms with van der Waals surface area (Å²) >= 11 is 0. The second-order valence-corrected chi connectivity index (χ2v) is 6.63. The Kier molecular flexibility index (Phi) is 5.50. The molecule has 0 fully saturated rings. The Morgan fingerprint density at radius 3 is 1.52 bits per heavy atom. The van der Waals surface area contributed by atoms with Crippen LogP contribution in [-0.4, -0.2) is 0 Å². The van der Waals surface area contributed by atoms with Crippen LogP contribution < -0.4 is 4.90 Å². The summed E-state index contributed by atoms with van der Waals surface area (Å²) in [6.45, 7) is 0. The van der Waals surface area contributed by atoms with E-state index in [9.17, 15) is 5.26 Å². The van der Waals surface area contributed by atoms with Gasteiger partial charge in [0.2, 0.25) is 0 Å². The lowest BCUT2D eigenvalue weighted by Crippen LogP contribution is -2.09. The Balaban J connectivity index is 1.70.